The maximum absolute atomic E-state index is 13.4. The fourth-order valence-corrected chi connectivity index (χ4v) is 15.9. The third-order valence-electron chi connectivity index (χ3n) is 18.6. The predicted octanol–water partition coefficient (Wildman–Crippen LogP) is 18.5. The van der Waals surface area contributed by atoms with Gasteiger partial charge in [0.15, 0.2) is 16.6 Å². The maximum Gasteiger partial charge on any atom is 0.416 e. The molecule has 6 aromatic heterocycles. The Morgan fingerprint density at radius 2 is 0.763 bits per heavy atom. The highest BCUT2D eigenvalue weighted by Gasteiger charge is 2.40. The van der Waals surface area contributed by atoms with Crippen molar-refractivity contribution in [1.29, 1.82) is 0 Å². The molecule has 0 fully saturated rings. The van der Waals surface area contributed by atoms with Gasteiger partial charge in [-0.3, -0.25) is 38.5 Å². The molecule has 9 aromatic rings. The third-order valence-corrected chi connectivity index (χ3v) is 32.3. The van der Waals surface area contributed by atoms with Crippen LogP contribution in [0.15, 0.2) is 161 Å². The molecule has 0 aliphatic rings. The summed E-state index contributed by atoms with van der Waals surface area (Å²) in [5.74, 6) is -1.90. The number of hydrogen-bond donors (Lipinski definition) is 5. The van der Waals surface area contributed by atoms with Gasteiger partial charge < -0.3 is 24.5 Å². The van der Waals surface area contributed by atoms with Crippen LogP contribution in [-0.2, 0) is 75.1 Å². The summed E-state index contributed by atoms with van der Waals surface area (Å²) < 4.78 is 215. The number of carbonyl (C=O) groups is 4. The summed E-state index contributed by atoms with van der Waals surface area (Å²) in [5, 5.41) is 9.35. The van der Waals surface area contributed by atoms with Crippen LogP contribution in [0.5, 0.6) is 0 Å². The van der Waals surface area contributed by atoms with Gasteiger partial charge in [-0.2, -0.15) is 39.5 Å². The van der Waals surface area contributed by atoms with E-state index in [1.54, 1.807) is 6.07 Å². The monoisotopic (exact) mass is 1800 g/mol. The average molecular weight is 1800 g/mol. The average Bonchev–Trinajstić information content (AvgIpc) is 0.789. The van der Waals surface area contributed by atoms with Gasteiger partial charge in [0, 0.05) is 91.5 Å². The van der Waals surface area contributed by atoms with Gasteiger partial charge >= 0.3 is 18.5 Å². The number of carbonyl (C=O) groups excluding carboxylic acids is 4. The minimum Gasteiger partial charge on any atom is -0.417 e. The number of nitrogens with two attached hydrogens (primary N) is 1. The highest BCUT2D eigenvalue weighted by Crippen LogP contribution is 2.41. The van der Waals surface area contributed by atoms with Crippen molar-refractivity contribution in [2.24, 2.45) is 0 Å². The molecule has 0 bridgehead atoms. The SMILES string of the molecule is CC(C)(C)[Si](C)(C)OCCC=O.Cc1ccc(S(=O)(=O)Nc2cc(Cl)cnc2C(=O)c2ccnc(CCCO)c2)cc1C(F)(F)F.Cc1ccc(S(=O)(=O)Nc2cc(Cl)cnc2C(=O)c2ccnc(CCCO[Si](C)(C)C(C)(C)C)c2)cc1C(F)(F)F.Cc1ccc(S(=O)(=O)Nc2cc(Cl)cnc2C(=O)c2ccnc(N)c2)cc1C(F)(F)F. The molecule has 40 heteroatoms. The smallest absolute Gasteiger partial charge is 0.416 e. The first-order valence-electron chi connectivity index (χ1n) is 35.6. The van der Waals surface area contributed by atoms with E-state index in [0.29, 0.717) is 74.9 Å². The van der Waals surface area contributed by atoms with Crippen molar-refractivity contribution in [3.8, 4) is 0 Å². The summed E-state index contributed by atoms with van der Waals surface area (Å²) >= 11 is 17.9. The van der Waals surface area contributed by atoms with E-state index >= 15 is 0 Å². The van der Waals surface area contributed by atoms with E-state index in [1.807, 2.05) is 0 Å². The highest BCUT2D eigenvalue weighted by atomic mass is 35.5. The molecule has 0 aliphatic heterocycles. The number of aliphatic hydroxyl groups excluding tert-OH is 1. The van der Waals surface area contributed by atoms with E-state index in [0.717, 1.165) is 67.2 Å². The van der Waals surface area contributed by atoms with E-state index in [-0.39, 0.29) is 105 Å². The summed E-state index contributed by atoms with van der Waals surface area (Å²) in [5.41, 5.74) is 1.79. The van der Waals surface area contributed by atoms with Crippen LogP contribution < -0.4 is 19.9 Å². The number of aryl methyl sites for hydroxylation is 5. The van der Waals surface area contributed by atoms with Crippen LogP contribution in [0.4, 0.5) is 62.4 Å². The lowest BCUT2D eigenvalue weighted by Crippen LogP contribution is -2.41. The second-order valence-electron chi connectivity index (χ2n) is 29.5. The van der Waals surface area contributed by atoms with Crippen molar-refractivity contribution < 1.29 is 97.9 Å². The van der Waals surface area contributed by atoms with Crippen molar-refractivity contribution in [3.05, 3.63) is 240 Å². The van der Waals surface area contributed by atoms with E-state index in [4.69, 9.17) is 54.5 Å². The summed E-state index contributed by atoms with van der Waals surface area (Å²) in [6.07, 6.45) is -3.09. The van der Waals surface area contributed by atoms with Crippen LogP contribution in [0.3, 0.4) is 0 Å². The first-order valence-corrected chi connectivity index (χ1v) is 47.0. The van der Waals surface area contributed by atoms with Crippen LogP contribution in [0, 0.1) is 20.8 Å². The van der Waals surface area contributed by atoms with Gasteiger partial charge in [0.2, 0.25) is 17.3 Å². The Hall–Kier alpha value is -9.16. The maximum atomic E-state index is 13.4. The number of aliphatic hydroxyl groups is 1. The van der Waals surface area contributed by atoms with Crippen molar-refractivity contribution in [3.63, 3.8) is 0 Å². The van der Waals surface area contributed by atoms with Gasteiger partial charge in [-0.05, 0) is 190 Å². The molecular formula is C78H86Cl3F9N10O13S3Si2. The fraction of sp³-hybridized carbons (Fsp3) is 0.333. The van der Waals surface area contributed by atoms with Gasteiger partial charge in [0.05, 0.1) is 63.5 Å². The number of aromatic nitrogens is 6. The molecule has 0 aliphatic carbocycles. The van der Waals surface area contributed by atoms with E-state index in [9.17, 15) is 83.9 Å². The number of ketones is 3. The summed E-state index contributed by atoms with van der Waals surface area (Å²) in [6, 6.07) is 19.9. The Bertz CT molecular complexity index is 5510. The second kappa shape index (κ2) is 39.8. The Balaban J connectivity index is 0.000000258. The minimum absolute atomic E-state index is 0.00313. The lowest BCUT2D eigenvalue weighted by Gasteiger charge is -2.36. The number of nitrogen functional groups attached to an aromatic ring is 1. The van der Waals surface area contributed by atoms with Crippen LogP contribution >= 0.6 is 34.8 Å². The van der Waals surface area contributed by atoms with Gasteiger partial charge in [-0.25, -0.2) is 45.2 Å². The molecule has 9 rings (SSSR count). The van der Waals surface area contributed by atoms with E-state index in [1.165, 1.54) is 82.0 Å². The molecule has 0 radical (unpaired) electrons. The number of nitrogens with one attached hydrogen (secondary N) is 3. The number of alkyl halides is 9. The van der Waals surface area contributed by atoms with Crippen molar-refractivity contribution >= 4 is 128 Å². The molecule has 0 saturated heterocycles. The zero-order valence-corrected chi connectivity index (χ0v) is 72.7. The quantitative estimate of drug-likeness (QED) is 0.0105. The highest BCUT2D eigenvalue weighted by molar-refractivity contribution is 7.93. The molecule has 6 heterocycles. The first kappa shape index (κ1) is 97.7. The topological polar surface area (TPSA) is 349 Å². The molecule has 118 heavy (non-hydrogen) atoms. The molecular weight excluding hydrogens is 1710 g/mol. The van der Waals surface area contributed by atoms with E-state index in [2.05, 4.69) is 112 Å². The molecule has 0 spiro atoms. The summed E-state index contributed by atoms with van der Waals surface area (Å²) in [6.45, 7) is 26.5. The van der Waals surface area contributed by atoms with Crippen LogP contribution in [0.2, 0.25) is 51.3 Å². The first-order chi connectivity index (χ1) is 54.4. The lowest BCUT2D eigenvalue weighted by molar-refractivity contribution is -0.139. The van der Waals surface area contributed by atoms with Crippen molar-refractivity contribution in [2.45, 2.75) is 164 Å². The van der Waals surface area contributed by atoms with E-state index < -0.39 is 114 Å². The van der Waals surface area contributed by atoms with Crippen LogP contribution in [-0.4, -0.2) is 120 Å². The van der Waals surface area contributed by atoms with Crippen molar-refractivity contribution in [1.82, 2.24) is 29.9 Å². The lowest BCUT2D eigenvalue weighted by atomic mass is 10.1. The Labute approximate surface area is 695 Å². The van der Waals surface area contributed by atoms with Crippen LogP contribution in [0.1, 0.15) is 154 Å². The number of nitrogens with zero attached hydrogens (tertiary/aromatic N) is 6. The Morgan fingerprint density at radius 3 is 1.06 bits per heavy atom. The van der Waals surface area contributed by atoms with Gasteiger partial charge in [-0.1, -0.05) is 94.5 Å². The Morgan fingerprint density at radius 1 is 0.458 bits per heavy atom. The molecule has 3 aromatic carbocycles. The molecule has 23 nitrogen and oxygen atoms in total. The summed E-state index contributed by atoms with van der Waals surface area (Å²) in [7, 11) is -17.1. The zero-order chi connectivity index (χ0) is 88.7. The Kier molecular flexibility index (Phi) is 33.0. The molecule has 0 saturated carbocycles. The minimum atomic E-state index is -4.75. The van der Waals surface area contributed by atoms with Crippen LogP contribution in [0.25, 0.3) is 0 Å². The largest absolute Gasteiger partial charge is 0.417 e. The number of halogens is 12. The predicted molar refractivity (Wildman–Crippen MR) is 437 cm³/mol. The molecule has 6 N–H and O–H groups in total. The normalized spacial score (nSPS) is 12.4. The van der Waals surface area contributed by atoms with Gasteiger partial charge in [0.25, 0.3) is 30.1 Å². The number of aldehydes is 1. The number of anilines is 4. The number of sulfonamides is 3. The van der Waals surface area contributed by atoms with Gasteiger partial charge in [0.1, 0.15) is 29.2 Å². The fourth-order valence-electron chi connectivity index (χ4n) is 10.1. The number of rotatable bonds is 27. The zero-order valence-electron chi connectivity index (χ0n) is 66.0. The molecule has 0 atom stereocenters. The molecule has 0 amide bonds. The molecule has 636 valence electrons. The standard InChI is InChI=1S/C28H33ClF3N3O4SSi.C22H19ClF3N3O4S.C19H14ClF3N4O3S.C9H20O2Si/c1-18-9-10-22(16-23(18)28(30,31)32)40(37,38)35-24-15-20(29)17-34-25(24)26(36)19-11-12-33-21(14-19)8-7-13-39-41(5,6)27(2,3)4;1-13-4-5-17(11-18(13)22(24,25)26)34(32,33)29-19-10-15(23)12-28-20(19)21(31)14-6-7-27-16(9-14)3-2-8-30;1-10-2-3-13(8-14(10)19(21,22)23)31(29,30)27-15-7-12(20)9-26-17(15)18(28)11-4-5-25-16(24)6-11;1-9(2,3)12(4,5)11-8-6-7-10/h9-12,14-17,35H,7-8,13H2,1-6H3;4-7,9-12,29-30H,2-3,8H2,1H3;2-9,27H,1H3,(H2,24,25);7H,6,8H2,1-5H3. The second-order valence-corrected chi connectivity index (χ2v) is 45.5. The summed E-state index contributed by atoms with van der Waals surface area (Å²) in [4.78, 5) is 71.6. The van der Waals surface area contributed by atoms with Gasteiger partial charge in [-0.15, -0.1) is 0 Å². The molecule has 0 unspecified atom stereocenters. The number of hydrogen-bond acceptors (Lipinski definition) is 20. The third kappa shape index (κ3) is 27.2. The number of pyridine rings is 6. The number of benzene rings is 3. The van der Waals surface area contributed by atoms with Crippen molar-refractivity contribution in [2.75, 3.05) is 39.7 Å².